The fourth-order valence-electron chi connectivity index (χ4n) is 3.48. The molecule has 1 aliphatic heterocycles. The third-order valence-corrected chi connectivity index (χ3v) is 4.82. The Hall–Kier alpha value is -2.82. The Morgan fingerprint density at radius 2 is 2.04 bits per heavy atom. The van der Waals surface area contributed by atoms with Crippen LogP contribution in [0, 0.1) is 6.92 Å². The van der Waals surface area contributed by atoms with Crippen LogP contribution in [0.3, 0.4) is 0 Å². The monoisotopic (exact) mass is 320 g/mol. The van der Waals surface area contributed by atoms with Gasteiger partial charge in [0.05, 0.1) is 11.6 Å². The number of carbonyl (C=O) groups excluding carboxylic acids is 1. The zero-order valence-electron chi connectivity index (χ0n) is 13.6. The molecule has 24 heavy (non-hydrogen) atoms. The van der Waals surface area contributed by atoms with Crippen LogP contribution in [0.2, 0.25) is 0 Å². The van der Waals surface area contributed by atoms with Gasteiger partial charge in [-0.2, -0.15) is 5.10 Å². The van der Waals surface area contributed by atoms with Gasteiger partial charge in [-0.1, -0.05) is 29.8 Å². The molecule has 1 atom stereocenters. The van der Waals surface area contributed by atoms with Crippen molar-refractivity contribution in [3.8, 4) is 0 Å². The Labute approximate surface area is 140 Å². The number of carbonyl (C=O) groups is 1. The highest BCUT2D eigenvalue weighted by Gasteiger charge is 2.30. The normalized spacial score (nSPS) is 17.5. The molecule has 5 nitrogen and oxygen atoms in total. The predicted octanol–water partition coefficient (Wildman–Crippen LogP) is 3.43. The van der Waals surface area contributed by atoms with Gasteiger partial charge in [-0.3, -0.25) is 9.89 Å². The van der Waals surface area contributed by atoms with E-state index in [1.165, 1.54) is 11.1 Å². The number of nitrogen functional groups attached to an aromatic ring is 1. The molecule has 2 heterocycles. The highest BCUT2D eigenvalue weighted by Crippen LogP contribution is 2.33. The second-order valence-electron chi connectivity index (χ2n) is 6.44. The van der Waals surface area contributed by atoms with Crippen molar-refractivity contribution < 1.29 is 4.79 Å². The van der Waals surface area contributed by atoms with E-state index >= 15 is 0 Å². The lowest BCUT2D eigenvalue weighted by Gasteiger charge is -2.25. The van der Waals surface area contributed by atoms with Gasteiger partial charge >= 0.3 is 0 Å². The number of nitrogens with one attached hydrogen (secondary N) is 1. The standard InChI is InChI=1S/C19H20N4O/c1-12-4-6-13(7-5-12)17-3-2-10-23(17)19(24)14-8-9-16-15(11-14)18(20)22-21-16/h4-9,11,17H,2-3,10H2,1H3,(H3,20,21,22). The van der Waals surface area contributed by atoms with Crippen LogP contribution in [-0.2, 0) is 0 Å². The summed E-state index contributed by atoms with van der Waals surface area (Å²) in [6.07, 6.45) is 2.03. The second-order valence-corrected chi connectivity index (χ2v) is 6.44. The fraction of sp³-hybridized carbons (Fsp3) is 0.263. The Morgan fingerprint density at radius 1 is 1.25 bits per heavy atom. The third-order valence-electron chi connectivity index (χ3n) is 4.82. The summed E-state index contributed by atoms with van der Waals surface area (Å²) >= 11 is 0. The minimum absolute atomic E-state index is 0.0561. The number of hydrogen-bond acceptors (Lipinski definition) is 3. The maximum absolute atomic E-state index is 13.0. The van der Waals surface area contributed by atoms with E-state index in [0.717, 1.165) is 30.3 Å². The Balaban J connectivity index is 1.66. The van der Waals surface area contributed by atoms with Crippen molar-refractivity contribution in [3.63, 3.8) is 0 Å². The van der Waals surface area contributed by atoms with Crippen LogP contribution in [-0.4, -0.2) is 27.5 Å². The quantitative estimate of drug-likeness (QED) is 0.759. The molecule has 0 bridgehead atoms. The van der Waals surface area contributed by atoms with E-state index in [0.29, 0.717) is 11.4 Å². The van der Waals surface area contributed by atoms with Crippen molar-refractivity contribution in [3.05, 3.63) is 59.2 Å². The SMILES string of the molecule is Cc1ccc(C2CCCN2C(=O)c2ccc3[nH]nc(N)c3c2)cc1. The molecule has 1 aliphatic rings. The first kappa shape index (κ1) is 14.8. The topological polar surface area (TPSA) is 75.0 Å². The predicted molar refractivity (Wildman–Crippen MR) is 94.7 cm³/mol. The fourth-order valence-corrected chi connectivity index (χ4v) is 3.48. The first-order valence-electron chi connectivity index (χ1n) is 8.24. The molecule has 3 N–H and O–H groups in total. The highest BCUT2D eigenvalue weighted by molar-refractivity contribution is 6.00. The zero-order chi connectivity index (χ0) is 16.7. The Bertz CT molecular complexity index is 897. The van der Waals surface area contributed by atoms with Gasteiger partial charge in [0, 0.05) is 17.5 Å². The number of amides is 1. The summed E-state index contributed by atoms with van der Waals surface area (Å²) in [6, 6.07) is 14.2. The summed E-state index contributed by atoms with van der Waals surface area (Å²) in [4.78, 5) is 15.0. The lowest BCUT2D eigenvalue weighted by atomic mass is 10.0. The van der Waals surface area contributed by atoms with E-state index in [-0.39, 0.29) is 11.9 Å². The minimum atomic E-state index is 0.0561. The van der Waals surface area contributed by atoms with Crippen molar-refractivity contribution in [1.82, 2.24) is 15.1 Å². The molecule has 3 aromatic rings. The molecule has 1 aromatic heterocycles. The number of aromatic nitrogens is 2. The number of nitrogens with zero attached hydrogens (tertiary/aromatic N) is 2. The van der Waals surface area contributed by atoms with Crippen molar-refractivity contribution in [2.75, 3.05) is 12.3 Å². The summed E-state index contributed by atoms with van der Waals surface area (Å²) in [5.74, 6) is 0.483. The third kappa shape index (κ3) is 2.42. The zero-order valence-corrected chi connectivity index (χ0v) is 13.6. The lowest BCUT2D eigenvalue weighted by Crippen LogP contribution is -2.30. The van der Waals surface area contributed by atoms with Gasteiger partial charge in [-0.25, -0.2) is 0 Å². The molecule has 122 valence electrons. The maximum atomic E-state index is 13.0. The molecule has 4 rings (SSSR count). The number of likely N-dealkylation sites (tertiary alicyclic amines) is 1. The summed E-state index contributed by atoms with van der Waals surface area (Å²) in [5.41, 5.74) is 9.81. The number of hydrogen-bond donors (Lipinski definition) is 2. The van der Waals surface area contributed by atoms with E-state index < -0.39 is 0 Å². The van der Waals surface area contributed by atoms with E-state index in [2.05, 4.69) is 41.4 Å². The molecule has 1 unspecified atom stereocenters. The Morgan fingerprint density at radius 3 is 2.83 bits per heavy atom. The number of rotatable bonds is 2. The summed E-state index contributed by atoms with van der Waals surface area (Å²) in [5, 5.41) is 7.65. The molecular weight excluding hydrogens is 300 g/mol. The molecule has 1 fully saturated rings. The minimum Gasteiger partial charge on any atom is -0.382 e. The molecule has 0 spiro atoms. The van der Waals surface area contributed by atoms with Crippen LogP contribution in [0.4, 0.5) is 5.82 Å². The average molecular weight is 320 g/mol. The number of aromatic amines is 1. The van der Waals surface area contributed by atoms with Crippen molar-refractivity contribution >= 4 is 22.6 Å². The molecule has 5 heteroatoms. The van der Waals surface area contributed by atoms with Gasteiger partial charge in [0.25, 0.3) is 5.91 Å². The van der Waals surface area contributed by atoms with Gasteiger partial charge in [0.2, 0.25) is 0 Å². The number of nitrogens with two attached hydrogens (primary N) is 1. The van der Waals surface area contributed by atoms with Crippen LogP contribution >= 0.6 is 0 Å². The number of H-pyrrole nitrogens is 1. The Kier molecular flexibility index (Phi) is 3.49. The first-order valence-corrected chi connectivity index (χ1v) is 8.24. The summed E-state index contributed by atoms with van der Waals surface area (Å²) < 4.78 is 0. The number of fused-ring (bicyclic) bond motifs is 1. The van der Waals surface area contributed by atoms with Gasteiger partial charge in [-0.15, -0.1) is 0 Å². The number of aryl methyl sites for hydroxylation is 1. The average Bonchev–Trinajstić information content (AvgIpc) is 3.22. The van der Waals surface area contributed by atoms with Crippen molar-refractivity contribution in [2.24, 2.45) is 0 Å². The molecule has 1 amide bonds. The van der Waals surface area contributed by atoms with E-state index in [4.69, 9.17) is 5.73 Å². The first-order chi connectivity index (χ1) is 11.6. The molecule has 0 aliphatic carbocycles. The van der Waals surface area contributed by atoms with Gasteiger partial charge < -0.3 is 10.6 Å². The smallest absolute Gasteiger partial charge is 0.254 e. The largest absolute Gasteiger partial charge is 0.382 e. The maximum Gasteiger partial charge on any atom is 0.254 e. The van der Waals surface area contributed by atoms with Crippen LogP contribution in [0.5, 0.6) is 0 Å². The van der Waals surface area contributed by atoms with Gasteiger partial charge in [0.1, 0.15) is 0 Å². The van der Waals surface area contributed by atoms with Crippen LogP contribution < -0.4 is 5.73 Å². The summed E-state index contributed by atoms with van der Waals surface area (Å²) in [6.45, 7) is 2.86. The van der Waals surface area contributed by atoms with Gasteiger partial charge in [0.15, 0.2) is 5.82 Å². The number of benzene rings is 2. The molecule has 1 saturated heterocycles. The van der Waals surface area contributed by atoms with Gasteiger partial charge in [-0.05, 0) is 43.5 Å². The van der Waals surface area contributed by atoms with Crippen LogP contribution in [0.1, 0.15) is 40.4 Å². The van der Waals surface area contributed by atoms with E-state index in [1.807, 2.05) is 23.1 Å². The lowest BCUT2D eigenvalue weighted by molar-refractivity contribution is 0.0736. The second kappa shape index (κ2) is 5.67. The summed E-state index contributed by atoms with van der Waals surface area (Å²) in [7, 11) is 0. The van der Waals surface area contributed by atoms with Crippen molar-refractivity contribution in [2.45, 2.75) is 25.8 Å². The molecule has 0 radical (unpaired) electrons. The van der Waals surface area contributed by atoms with Crippen LogP contribution in [0.15, 0.2) is 42.5 Å². The van der Waals surface area contributed by atoms with E-state index in [9.17, 15) is 4.79 Å². The molecule has 0 saturated carbocycles. The van der Waals surface area contributed by atoms with E-state index in [1.54, 1.807) is 0 Å². The molecular formula is C19H20N4O. The van der Waals surface area contributed by atoms with Crippen LogP contribution in [0.25, 0.3) is 10.9 Å². The highest BCUT2D eigenvalue weighted by atomic mass is 16.2. The molecule has 2 aromatic carbocycles. The number of anilines is 1. The van der Waals surface area contributed by atoms with Crippen molar-refractivity contribution in [1.29, 1.82) is 0 Å².